The maximum absolute atomic E-state index is 12.8. The summed E-state index contributed by atoms with van der Waals surface area (Å²) in [5.74, 6) is -1.03. The van der Waals surface area contributed by atoms with Crippen molar-refractivity contribution in [2.75, 3.05) is 13.2 Å². The zero-order valence-electron chi connectivity index (χ0n) is 48.5. The van der Waals surface area contributed by atoms with E-state index in [1.54, 1.807) is 0 Å². The maximum atomic E-state index is 12.8. The summed E-state index contributed by atoms with van der Waals surface area (Å²) in [5.41, 5.74) is 0. The Morgan fingerprint density at radius 2 is 0.507 bits per heavy atom. The van der Waals surface area contributed by atoms with Crippen LogP contribution in [-0.2, 0) is 28.6 Å². The van der Waals surface area contributed by atoms with Crippen molar-refractivity contribution < 1.29 is 28.6 Å². The fourth-order valence-electron chi connectivity index (χ4n) is 8.17. The van der Waals surface area contributed by atoms with Crippen LogP contribution >= 0.6 is 0 Å². The molecule has 0 aliphatic rings. The number of rotatable bonds is 54. The molecule has 0 bridgehead atoms. The van der Waals surface area contributed by atoms with Crippen molar-refractivity contribution >= 4 is 17.9 Å². The van der Waals surface area contributed by atoms with Crippen molar-refractivity contribution in [3.8, 4) is 0 Å². The molecule has 0 rings (SSSR count). The quantitative estimate of drug-likeness (QED) is 0.0261. The number of hydrogen-bond acceptors (Lipinski definition) is 6. The third-order valence-electron chi connectivity index (χ3n) is 12.6. The molecule has 75 heavy (non-hydrogen) atoms. The van der Waals surface area contributed by atoms with Crippen molar-refractivity contribution in [3.63, 3.8) is 0 Å². The van der Waals surface area contributed by atoms with Gasteiger partial charge in [0.15, 0.2) is 6.10 Å². The van der Waals surface area contributed by atoms with Gasteiger partial charge in [-0.05, 0) is 116 Å². The molecule has 0 aliphatic carbocycles. The molecule has 0 amide bonds. The van der Waals surface area contributed by atoms with Gasteiger partial charge in [-0.2, -0.15) is 0 Å². The van der Waals surface area contributed by atoms with Gasteiger partial charge in [-0.25, -0.2) is 0 Å². The first kappa shape index (κ1) is 70.5. The van der Waals surface area contributed by atoms with Crippen LogP contribution < -0.4 is 0 Å². The smallest absolute Gasteiger partial charge is 0.306 e. The minimum absolute atomic E-state index is 0.118. The Labute approximate surface area is 462 Å². The predicted molar refractivity (Wildman–Crippen MR) is 325 cm³/mol. The van der Waals surface area contributed by atoms with Crippen LogP contribution in [0.3, 0.4) is 0 Å². The number of carbonyl (C=O) groups excluding carboxylic acids is 3. The van der Waals surface area contributed by atoms with Gasteiger partial charge in [-0.15, -0.1) is 0 Å². The van der Waals surface area contributed by atoms with E-state index < -0.39 is 12.1 Å². The number of hydrogen-bond donors (Lipinski definition) is 0. The highest BCUT2D eigenvalue weighted by Gasteiger charge is 2.19. The molecule has 0 fully saturated rings. The second-order valence-corrected chi connectivity index (χ2v) is 19.8. The first-order valence-corrected chi connectivity index (χ1v) is 30.7. The van der Waals surface area contributed by atoms with E-state index in [4.69, 9.17) is 14.2 Å². The molecule has 1 atom stereocenters. The van der Waals surface area contributed by atoms with Gasteiger partial charge >= 0.3 is 17.9 Å². The first-order chi connectivity index (χ1) is 37.0. The Balaban J connectivity index is 4.21. The molecule has 0 saturated carbocycles. The summed E-state index contributed by atoms with van der Waals surface area (Å²) < 4.78 is 16.8. The number of esters is 3. The average molecular weight is 1040 g/mol. The summed E-state index contributed by atoms with van der Waals surface area (Å²) in [6.45, 7) is 6.21. The summed E-state index contributed by atoms with van der Waals surface area (Å²) in [4.78, 5) is 38.1. The molecule has 1 unspecified atom stereocenters. The minimum Gasteiger partial charge on any atom is -0.462 e. The lowest BCUT2D eigenvalue weighted by atomic mass is 10.0. The highest BCUT2D eigenvalue weighted by Crippen LogP contribution is 2.16. The van der Waals surface area contributed by atoms with Gasteiger partial charge in [-0.3, -0.25) is 14.4 Å². The van der Waals surface area contributed by atoms with Crippen LogP contribution in [0.5, 0.6) is 0 Å². The van der Waals surface area contributed by atoms with Gasteiger partial charge in [0.05, 0.1) is 0 Å². The standard InChI is InChI=1S/C69H112O6/c1-4-7-10-13-16-19-22-25-26-27-28-29-30-31-32-33-34-35-36-37-38-39-40-41-42-45-47-50-53-56-59-62-68(71)74-65-66(75-69(72)63-60-57-54-51-48-44-24-21-18-15-12-9-6-3)64-73-67(70)61-58-55-52-49-46-43-23-20-17-14-11-8-5-2/h7-12,16-21,25-26,28-29,43-44,46,48,54,57,66H,4-6,13-15,22-24,27,30-42,45,47,49-53,55-56,58-65H2,1-3H3/b10-7-,11-8-,12-9-,19-16-,20-17-,21-18-,26-25-,29-28-,46-43-,48-44-,57-54-. The molecule has 6 nitrogen and oxygen atoms in total. The Bertz CT molecular complexity index is 1620. The summed E-state index contributed by atoms with van der Waals surface area (Å²) in [5, 5.41) is 0. The molecule has 6 heteroatoms. The topological polar surface area (TPSA) is 78.9 Å². The third kappa shape index (κ3) is 60.3. The van der Waals surface area contributed by atoms with Gasteiger partial charge < -0.3 is 14.2 Å². The van der Waals surface area contributed by atoms with Crippen molar-refractivity contribution in [1.82, 2.24) is 0 Å². The molecule has 0 saturated heterocycles. The molecule has 424 valence electrons. The summed E-state index contributed by atoms with van der Waals surface area (Å²) >= 11 is 0. The van der Waals surface area contributed by atoms with Gasteiger partial charge in [0.25, 0.3) is 0 Å². The van der Waals surface area contributed by atoms with Crippen molar-refractivity contribution in [2.45, 2.75) is 271 Å². The number of ether oxygens (including phenoxy) is 3. The Morgan fingerprint density at radius 1 is 0.267 bits per heavy atom. The summed E-state index contributed by atoms with van der Waals surface area (Å²) in [6, 6.07) is 0. The average Bonchev–Trinajstić information content (AvgIpc) is 3.41. The van der Waals surface area contributed by atoms with E-state index in [9.17, 15) is 14.4 Å². The van der Waals surface area contributed by atoms with E-state index in [0.29, 0.717) is 19.3 Å². The third-order valence-corrected chi connectivity index (χ3v) is 12.6. The number of carbonyl (C=O) groups is 3. The van der Waals surface area contributed by atoms with E-state index >= 15 is 0 Å². The van der Waals surface area contributed by atoms with Crippen LogP contribution in [0.15, 0.2) is 134 Å². The number of allylic oxidation sites excluding steroid dienone is 22. The Morgan fingerprint density at radius 3 is 0.813 bits per heavy atom. The highest BCUT2D eigenvalue weighted by atomic mass is 16.6. The van der Waals surface area contributed by atoms with Gasteiger partial charge in [0, 0.05) is 19.3 Å². The van der Waals surface area contributed by atoms with E-state index in [1.165, 1.54) is 103 Å². The normalized spacial score (nSPS) is 13.1. The number of unbranched alkanes of at least 4 members (excludes halogenated alkanes) is 21. The molecular weight excluding hydrogens is 925 g/mol. The van der Waals surface area contributed by atoms with Gasteiger partial charge in [0.2, 0.25) is 0 Å². The fraction of sp³-hybridized carbons (Fsp3) is 0.638. The van der Waals surface area contributed by atoms with Crippen LogP contribution in [0.1, 0.15) is 265 Å². The molecular formula is C69H112O6. The van der Waals surface area contributed by atoms with E-state index in [0.717, 1.165) is 116 Å². The van der Waals surface area contributed by atoms with Crippen molar-refractivity contribution in [2.24, 2.45) is 0 Å². The monoisotopic (exact) mass is 1040 g/mol. The van der Waals surface area contributed by atoms with Gasteiger partial charge in [0.1, 0.15) is 13.2 Å². The molecule has 0 radical (unpaired) electrons. The Kier molecular flexibility index (Phi) is 58.4. The summed E-state index contributed by atoms with van der Waals surface area (Å²) in [6.07, 6.45) is 87.8. The lowest BCUT2D eigenvalue weighted by Crippen LogP contribution is -2.30. The minimum atomic E-state index is -0.831. The van der Waals surface area contributed by atoms with Crippen LogP contribution in [0.4, 0.5) is 0 Å². The lowest BCUT2D eigenvalue weighted by Gasteiger charge is -2.18. The second-order valence-electron chi connectivity index (χ2n) is 19.8. The van der Waals surface area contributed by atoms with Crippen LogP contribution in [-0.4, -0.2) is 37.2 Å². The van der Waals surface area contributed by atoms with Crippen LogP contribution in [0, 0.1) is 0 Å². The summed E-state index contributed by atoms with van der Waals surface area (Å²) in [7, 11) is 0. The molecule has 0 N–H and O–H groups in total. The maximum Gasteiger partial charge on any atom is 0.306 e. The van der Waals surface area contributed by atoms with E-state index in [-0.39, 0.29) is 31.6 Å². The Hall–Kier alpha value is -4.45. The van der Waals surface area contributed by atoms with Crippen molar-refractivity contribution in [1.29, 1.82) is 0 Å². The molecule has 0 aromatic rings. The molecule has 0 aliphatic heterocycles. The van der Waals surface area contributed by atoms with Gasteiger partial charge in [-0.1, -0.05) is 264 Å². The van der Waals surface area contributed by atoms with Crippen LogP contribution in [0.25, 0.3) is 0 Å². The largest absolute Gasteiger partial charge is 0.462 e. The van der Waals surface area contributed by atoms with E-state index in [1.807, 2.05) is 12.2 Å². The zero-order valence-corrected chi connectivity index (χ0v) is 48.5. The first-order valence-electron chi connectivity index (χ1n) is 30.7. The van der Waals surface area contributed by atoms with E-state index in [2.05, 4.69) is 142 Å². The SMILES string of the molecule is CC/C=C\C/C=C\C/C=C\C/C=C\CCCCCCCCCCCCCCCCCCCCC(=O)OCC(COC(=O)CCCCC/C=C\C/C=C\C/C=C\CC)OC(=O)CC/C=C\C/C=C\C/C=C\C/C=C\CC. The van der Waals surface area contributed by atoms with Crippen molar-refractivity contribution in [3.05, 3.63) is 134 Å². The fourth-order valence-corrected chi connectivity index (χ4v) is 8.17. The molecule has 0 aromatic carbocycles. The zero-order chi connectivity index (χ0) is 54.3. The molecule has 0 spiro atoms. The molecule has 0 heterocycles. The second kappa shape index (κ2) is 62.1. The molecule has 0 aromatic heterocycles. The predicted octanol–water partition coefficient (Wildman–Crippen LogP) is 21.0. The lowest BCUT2D eigenvalue weighted by molar-refractivity contribution is -0.166. The highest BCUT2D eigenvalue weighted by molar-refractivity contribution is 5.71. The van der Waals surface area contributed by atoms with Crippen LogP contribution in [0.2, 0.25) is 0 Å².